The van der Waals surface area contributed by atoms with Crippen LogP contribution in [-0.4, -0.2) is 22.1 Å². The van der Waals surface area contributed by atoms with Crippen LogP contribution in [0.15, 0.2) is 24.3 Å². The van der Waals surface area contributed by atoms with Crippen LogP contribution >= 0.6 is 0 Å². The molecule has 1 N–H and O–H groups in total. The monoisotopic (exact) mass is 313 g/mol. The first-order chi connectivity index (χ1) is 10.2. The summed E-state index contributed by atoms with van der Waals surface area (Å²) in [6.07, 6.45) is -4.78. The molecule has 1 aromatic carbocycles. The molecule has 0 radical (unpaired) electrons. The Hall–Kier alpha value is -2.51. The fourth-order valence-corrected chi connectivity index (χ4v) is 2.07. The molecule has 0 saturated heterocycles. The number of carbonyl (C=O) groups excluding carboxylic acids is 1. The molecule has 0 saturated carbocycles. The van der Waals surface area contributed by atoms with E-state index in [-0.39, 0.29) is 5.69 Å². The zero-order valence-electron chi connectivity index (χ0n) is 12.2. The fraction of sp³-hybridized carbons (Fsp3) is 0.286. The molecule has 8 heteroatoms. The normalized spacial score (nSPS) is 11.4. The van der Waals surface area contributed by atoms with E-state index in [1.165, 1.54) is 12.1 Å². The molecule has 0 unspecified atom stereocenters. The van der Waals surface area contributed by atoms with E-state index in [0.717, 1.165) is 12.1 Å². The van der Waals surface area contributed by atoms with Gasteiger partial charge in [-0.05, 0) is 26.0 Å². The average molecular weight is 313 g/mol. The number of anilines is 1. The second-order valence-electron chi connectivity index (χ2n) is 4.70. The lowest BCUT2D eigenvalue weighted by Crippen LogP contribution is -2.17. The van der Waals surface area contributed by atoms with Gasteiger partial charge in [-0.3, -0.25) is 9.48 Å². The van der Waals surface area contributed by atoms with Crippen molar-refractivity contribution in [3.05, 3.63) is 41.2 Å². The number of alkyl halides is 3. The van der Waals surface area contributed by atoms with E-state index in [0.29, 0.717) is 17.0 Å². The molecule has 1 heterocycles. The molecule has 0 bridgehead atoms. The molecule has 0 atom stereocenters. The Morgan fingerprint density at radius 2 is 2.00 bits per heavy atom. The van der Waals surface area contributed by atoms with Crippen LogP contribution in [0.1, 0.15) is 21.7 Å². The highest BCUT2D eigenvalue weighted by atomic mass is 19.4. The van der Waals surface area contributed by atoms with Gasteiger partial charge >= 0.3 is 6.36 Å². The zero-order chi connectivity index (χ0) is 16.5. The van der Waals surface area contributed by atoms with Gasteiger partial charge in [0.05, 0.1) is 11.3 Å². The highest BCUT2D eigenvalue weighted by Crippen LogP contribution is 2.25. The third-order valence-corrected chi connectivity index (χ3v) is 3.06. The summed E-state index contributed by atoms with van der Waals surface area (Å²) in [7, 11) is 1.71. The second-order valence-corrected chi connectivity index (χ2v) is 4.70. The minimum absolute atomic E-state index is 0.203. The topological polar surface area (TPSA) is 56.2 Å². The van der Waals surface area contributed by atoms with Crippen molar-refractivity contribution in [1.82, 2.24) is 9.78 Å². The number of rotatable bonds is 3. The number of hydrogen-bond acceptors (Lipinski definition) is 3. The van der Waals surface area contributed by atoms with Gasteiger partial charge in [-0.25, -0.2) is 0 Å². The number of nitrogens with one attached hydrogen (secondary N) is 1. The van der Waals surface area contributed by atoms with Gasteiger partial charge in [0.2, 0.25) is 0 Å². The highest BCUT2D eigenvalue weighted by Gasteiger charge is 2.31. The molecule has 2 rings (SSSR count). The van der Waals surface area contributed by atoms with Crippen LogP contribution in [-0.2, 0) is 7.05 Å². The molecular formula is C14H14F3N3O2. The standard InChI is InChI=1S/C14H14F3N3O2/c1-8-12(9(2)20(3)19-8)13(21)18-10-5-4-6-11(7-10)22-14(15,16)17/h4-7H,1-3H3,(H,18,21). The van der Waals surface area contributed by atoms with Gasteiger partial charge in [0.15, 0.2) is 0 Å². The van der Waals surface area contributed by atoms with Crippen molar-refractivity contribution in [1.29, 1.82) is 0 Å². The van der Waals surface area contributed by atoms with Gasteiger partial charge in [-0.1, -0.05) is 6.07 Å². The lowest BCUT2D eigenvalue weighted by molar-refractivity contribution is -0.274. The number of aryl methyl sites for hydroxylation is 2. The minimum Gasteiger partial charge on any atom is -0.406 e. The first kappa shape index (κ1) is 15.9. The van der Waals surface area contributed by atoms with E-state index in [4.69, 9.17) is 0 Å². The van der Waals surface area contributed by atoms with Crippen molar-refractivity contribution in [3.8, 4) is 5.75 Å². The Kier molecular flexibility index (Phi) is 4.11. The Morgan fingerprint density at radius 3 is 2.55 bits per heavy atom. The number of benzene rings is 1. The number of nitrogens with zero attached hydrogens (tertiary/aromatic N) is 2. The molecule has 0 spiro atoms. The number of aromatic nitrogens is 2. The van der Waals surface area contributed by atoms with Gasteiger partial charge in [0.1, 0.15) is 5.75 Å². The van der Waals surface area contributed by atoms with Crippen molar-refractivity contribution in [3.63, 3.8) is 0 Å². The molecule has 118 valence electrons. The Labute approximate surface area is 124 Å². The summed E-state index contributed by atoms with van der Waals surface area (Å²) in [5.41, 5.74) is 1.80. The van der Waals surface area contributed by atoms with E-state index in [1.54, 1.807) is 25.6 Å². The first-order valence-electron chi connectivity index (χ1n) is 6.35. The van der Waals surface area contributed by atoms with Crippen LogP contribution < -0.4 is 10.1 Å². The van der Waals surface area contributed by atoms with Crippen molar-refractivity contribution < 1.29 is 22.7 Å². The number of hydrogen-bond donors (Lipinski definition) is 1. The Morgan fingerprint density at radius 1 is 1.32 bits per heavy atom. The van der Waals surface area contributed by atoms with Gasteiger partial charge in [-0.2, -0.15) is 5.10 Å². The fourth-order valence-electron chi connectivity index (χ4n) is 2.07. The van der Waals surface area contributed by atoms with Crippen molar-refractivity contribution >= 4 is 11.6 Å². The largest absolute Gasteiger partial charge is 0.573 e. The van der Waals surface area contributed by atoms with E-state index < -0.39 is 18.0 Å². The number of ether oxygens (including phenoxy) is 1. The highest BCUT2D eigenvalue weighted by molar-refractivity contribution is 6.05. The predicted octanol–water partition coefficient (Wildman–Crippen LogP) is 3.19. The molecule has 0 aliphatic rings. The SMILES string of the molecule is Cc1nn(C)c(C)c1C(=O)Nc1cccc(OC(F)(F)F)c1. The summed E-state index contributed by atoms with van der Waals surface area (Å²) in [4.78, 5) is 12.2. The molecule has 5 nitrogen and oxygen atoms in total. The maximum Gasteiger partial charge on any atom is 0.573 e. The van der Waals surface area contributed by atoms with Crippen molar-refractivity contribution in [2.24, 2.45) is 7.05 Å². The quantitative estimate of drug-likeness (QED) is 0.947. The molecular weight excluding hydrogens is 299 g/mol. The molecule has 0 fully saturated rings. The third kappa shape index (κ3) is 3.57. The van der Waals surface area contributed by atoms with Gasteiger partial charge in [-0.15, -0.1) is 13.2 Å². The number of halogens is 3. The summed E-state index contributed by atoms with van der Waals surface area (Å²) in [5, 5.41) is 6.66. The van der Waals surface area contributed by atoms with Crippen LogP contribution in [0.25, 0.3) is 0 Å². The summed E-state index contributed by atoms with van der Waals surface area (Å²) in [6, 6.07) is 5.10. The van der Waals surface area contributed by atoms with Crippen LogP contribution in [0.5, 0.6) is 5.75 Å². The molecule has 1 amide bonds. The molecule has 2 aromatic rings. The molecule has 0 aliphatic carbocycles. The third-order valence-electron chi connectivity index (χ3n) is 3.06. The van der Waals surface area contributed by atoms with E-state index >= 15 is 0 Å². The molecule has 0 aliphatic heterocycles. The summed E-state index contributed by atoms with van der Waals surface area (Å²) in [5.74, 6) is -0.836. The second kappa shape index (κ2) is 5.70. The van der Waals surface area contributed by atoms with Crippen molar-refractivity contribution in [2.75, 3.05) is 5.32 Å². The van der Waals surface area contributed by atoms with Gasteiger partial charge in [0, 0.05) is 24.5 Å². The van der Waals surface area contributed by atoms with Gasteiger partial charge in [0.25, 0.3) is 5.91 Å². The predicted molar refractivity (Wildman–Crippen MR) is 73.8 cm³/mol. The average Bonchev–Trinajstić information content (AvgIpc) is 2.61. The summed E-state index contributed by atoms with van der Waals surface area (Å²) < 4.78 is 41.9. The lowest BCUT2D eigenvalue weighted by atomic mass is 10.2. The number of carbonyl (C=O) groups is 1. The first-order valence-corrected chi connectivity index (χ1v) is 6.35. The summed E-state index contributed by atoms with van der Waals surface area (Å²) in [6.45, 7) is 3.42. The van der Waals surface area contributed by atoms with E-state index in [1.807, 2.05) is 0 Å². The van der Waals surface area contributed by atoms with Crippen LogP contribution in [0, 0.1) is 13.8 Å². The number of amides is 1. The van der Waals surface area contributed by atoms with E-state index in [9.17, 15) is 18.0 Å². The maximum atomic E-state index is 12.2. The molecule has 22 heavy (non-hydrogen) atoms. The Balaban J connectivity index is 2.20. The molecule has 1 aromatic heterocycles. The maximum absolute atomic E-state index is 12.2. The zero-order valence-corrected chi connectivity index (χ0v) is 12.2. The van der Waals surface area contributed by atoms with E-state index in [2.05, 4.69) is 15.2 Å². The lowest BCUT2D eigenvalue weighted by Gasteiger charge is -2.11. The minimum atomic E-state index is -4.78. The Bertz CT molecular complexity index is 708. The van der Waals surface area contributed by atoms with Crippen LogP contribution in [0.4, 0.5) is 18.9 Å². The smallest absolute Gasteiger partial charge is 0.406 e. The van der Waals surface area contributed by atoms with Crippen LogP contribution in [0.3, 0.4) is 0 Å². The summed E-state index contributed by atoms with van der Waals surface area (Å²) >= 11 is 0. The van der Waals surface area contributed by atoms with Crippen molar-refractivity contribution in [2.45, 2.75) is 20.2 Å². The van der Waals surface area contributed by atoms with Gasteiger partial charge < -0.3 is 10.1 Å². The van der Waals surface area contributed by atoms with Crippen LogP contribution in [0.2, 0.25) is 0 Å².